The molecular formula is C27H23N3O4. The first-order chi connectivity index (χ1) is 16.4. The Morgan fingerprint density at radius 2 is 1.79 bits per heavy atom. The Kier molecular flexibility index (Phi) is 6.42. The number of ketones is 1. The number of ether oxygens (including phenoxy) is 1. The van der Waals surface area contributed by atoms with Crippen LogP contribution in [0.4, 0.5) is 5.69 Å². The minimum absolute atomic E-state index is 0.0519. The summed E-state index contributed by atoms with van der Waals surface area (Å²) in [6, 6.07) is 19.3. The molecule has 1 atom stereocenters. The number of nitrogens with zero attached hydrogens (tertiary/aromatic N) is 3. The van der Waals surface area contributed by atoms with Gasteiger partial charge in [-0.05, 0) is 66.6 Å². The molecule has 0 radical (unpaired) electrons. The monoisotopic (exact) mass is 453 g/mol. The lowest BCUT2D eigenvalue weighted by atomic mass is 9.98. The van der Waals surface area contributed by atoms with Crippen molar-refractivity contribution < 1.29 is 19.4 Å². The highest BCUT2D eigenvalue weighted by Crippen LogP contribution is 2.41. The molecule has 34 heavy (non-hydrogen) atoms. The number of aliphatic hydroxyl groups is 1. The molecule has 1 amide bonds. The number of carbonyl (C=O) groups excluding carboxylic acids is 2. The van der Waals surface area contributed by atoms with Crippen molar-refractivity contribution in [3.05, 3.63) is 95.3 Å². The van der Waals surface area contributed by atoms with E-state index in [1.165, 1.54) is 4.90 Å². The van der Waals surface area contributed by atoms with Crippen LogP contribution in [0.15, 0.2) is 78.5 Å². The van der Waals surface area contributed by atoms with E-state index in [1.807, 2.05) is 19.9 Å². The number of benzene rings is 2. The third kappa shape index (κ3) is 4.39. The quantitative estimate of drug-likeness (QED) is 0.332. The molecule has 0 saturated carbocycles. The van der Waals surface area contributed by atoms with Gasteiger partial charge in [0.2, 0.25) is 0 Å². The minimum atomic E-state index is -0.925. The van der Waals surface area contributed by atoms with Crippen molar-refractivity contribution in [1.29, 1.82) is 5.26 Å². The van der Waals surface area contributed by atoms with Crippen LogP contribution in [0.25, 0.3) is 5.76 Å². The SMILES string of the molecule is CC(C)COc1ccc(/C(O)=C2/C(=O)C(=O)N(c3ccc(C#N)cc3)C2c2ccccn2)cc1. The molecule has 1 aliphatic heterocycles. The van der Waals surface area contributed by atoms with Gasteiger partial charge in [0, 0.05) is 17.4 Å². The molecule has 7 nitrogen and oxygen atoms in total. The zero-order chi connectivity index (χ0) is 24.2. The van der Waals surface area contributed by atoms with Crippen LogP contribution in [0, 0.1) is 17.2 Å². The molecule has 0 spiro atoms. The molecule has 1 fully saturated rings. The highest BCUT2D eigenvalue weighted by molar-refractivity contribution is 6.51. The summed E-state index contributed by atoms with van der Waals surface area (Å²) in [6.45, 7) is 4.65. The van der Waals surface area contributed by atoms with Crippen molar-refractivity contribution in [2.75, 3.05) is 11.5 Å². The fourth-order valence-electron chi connectivity index (χ4n) is 3.74. The maximum atomic E-state index is 13.1. The third-order valence-electron chi connectivity index (χ3n) is 5.40. The normalized spacial score (nSPS) is 17.1. The van der Waals surface area contributed by atoms with E-state index in [0.29, 0.717) is 40.8 Å². The number of Topliss-reactive ketones (excluding diaryl/α,β-unsaturated/α-hetero) is 1. The lowest BCUT2D eigenvalue weighted by molar-refractivity contribution is -0.132. The molecule has 1 unspecified atom stereocenters. The van der Waals surface area contributed by atoms with Gasteiger partial charge in [-0.15, -0.1) is 0 Å². The van der Waals surface area contributed by atoms with Crippen LogP contribution >= 0.6 is 0 Å². The number of hydrogen-bond acceptors (Lipinski definition) is 6. The van der Waals surface area contributed by atoms with Crippen LogP contribution in [-0.4, -0.2) is 28.4 Å². The standard InChI is InChI=1S/C27H23N3O4/c1-17(2)16-34-21-12-8-19(9-13-21)25(31)23-24(22-5-3-4-14-29-22)30(27(33)26(23)32)20-10-6-18(15-28)7-11-20/h3-14,17,24,31H,16H2,1-2H3/b25-23-. The van der Waals surface area contributed by atoms with E-state index >= 15 is 0 Å². The Hall–Kier alpha value is -4.44. The molecule has 7 heteroatoms. The molecule has 1 aliphatic rings. The lowest BCUT2D eigenvalue weighted by Gasteiger charge is -2.24. The van der Waals surface area contributed by atoms with E-state index < -0.39 is 17.7 Å². The van der Waals surface area contributed by atoms with Crippen molar-refractivity contribution in [2.45, 2.75) is 19.9 Å². The highest BCUT2D eigenvalue weighted by Gasteiger charge is 2.47. The fourth-order valence-corrected chi connectivity index (χ4v) is 3.74. The topological polar surface area (TPSA) is 104 Å². The Balaban J connectivity index is 1.79. The third-order valence-corrected chi connectivity index (χ3v) is 5.40. The molecule has 2 aromatic carbocycles. The maximum Gasteiger partial charge on any atom is 0.300 e. The van der Waals surface area contributed by atoms with Gasteiger partial charge in [0.25, 0.3) is 11.7 Å². The van der Waals surface area contributed by atoms with Crippen LogP contribution in [0.5, 0.6) is 5.75 Å². The van der Waals surface area contributed by atoms with Crippen molar-refractivity contribution in [2.24, 2.45) is 5.92 Å². The van der Waals surface area contributed by atoms with Gasteiger partial charge in [-0.3, -0.25) is 19.5 Å². The summed E-state index contributed by atoms with van der Waals surface area (Å²) < 4.78 is 5.69. The summed E-state index contributed by atoms with van der Waals surface area (Å²) >= 11 is 0. The zero-order valence-electron chi connectivity index (χ0n) is 18.8. The molecule has 1 aromatic heterocycles. The minimum Gasteiger partial charge on any atom is -0.507 e. The van der Waals surface area contributed by atoms with Crippen molar-refractivity contribution in [1.82, 2.24) is 4.98 Å². The molecule has 2 heterocycles. The molecule has 1 N–H and O–H groups in total. The number of aliphatic hydroxyl groups excluding tert-OH is 1. The number of rotatable bonds is 6. The van der Waals surface area contributed by atoms with E-state index in [1.54, 1.807) is 72.9 Å². The Morgan fingerprint density at radius 3 is 2.38 bits per heavy atom. The van der Waals surface area contributed by atoms with Crippen LogP contribution in [0.2, 0.25) is 0 Å². The summed E-state index contributed by atoms with van der Waals surface area (Å²) in [4.78, 5) is 31.9. The van der Waals surface area contributed by atoms with Gasteiger partial charge in [0.15, 0.2) is 0 Å². The van der Waals surface area contributed by atoms with Crippen molar-refractivity contribution in [3.63, 3.8) is 0 Å². The van der Waals surface area contributed by atoms with Gasteiger partial charge < -0.3 is 9.84 Å². The number of carbonyl (C=O) groups is 2. The van der Waals surface area contributed by atoms with E-state index in [9.17, 15) is 14.7 Å². The van der Waals surface area contributed by atoms with Crippen LogP contribution in [0.3, 0.4) is 0 Å². The van der Waals surface area contributed by atoms with Crippen molar-refractivity contribution >= 4 is 23.1 Å². The van der Waals surface area contributed by atoms with Crippen molar-refractivity contribution in [3.8, 4) is 11.8 Å². The summed E-state index contributed by atoms with van der Waals surface area (Å²) in [7, 11) is 0. The number of nitriles is 1. The van der Waals surface area contributed by atoms with E-state index in [4.69, 9.17) is 10.00 Å². The summed E-state index contributed by atoms with van der Waals surface area (Å²) in [5.41, 5.74) is 1.62. The average Bonchev–Trinajstić information content (AvgIpc) is 3.13. The van der Waals surface area contributed by atoms with Crippen LogP contribution < -0.4 is 9.64 Å². The second-order valence-corrected chi connectivity index (χ2v) is 8.31. The molecule has 3 aromatic rings. The number of hydrogen-bond donors (Lipinski definition) is 1. The molecule has 0 aliphatic carbocycles. The molecule has 0 bridgehead atoms. The van der Waals surface area contributed by atoms with Gasteiger partial charge in [0.05, 0.1) is 29.5 Å². The largest absolute Gasteiger partial charge is 0.507 e. The Bertz CT molecular complexity index is 1270. The molecular weight excluding hydrogens is 430 g/mol. The van der Waals surface area contributed by atoms with Crippen LogP contribution in [0.1, 0.15) is 36.7 Å². The second-order valence-electron chi connectivity index (χ2n) is 8.31. The van der Waals surface area contributed by atoms with Gasteiger partial charge in [-0.25, -0.2) is 0 Å². The average molecular weight is 453 g/mol. The first-order valence-corrected chi connectivity index (χ1v) is 10.9. The smallest absolute Gasteiger partial charge is 0.300 e. The lowest BCUT2D eigenvalue weighted by Crippen LogP contribution is -2.29. The van der Waals surface area contributed by atoms with E-state index in [-0.39, 0.29) is 11.3 Å². The summed E-state index contributed by atoms with van der Waals surface area (Å²) in [5.74, 6) is -0.869. The number of amides is 1. The van der Waals surface area contributed by atoms with Gasteiger partial charge in [-0.2, -0.15) is 5.26 Å². The summed E-state index contributed by atoms with van der Waals surface area (Å²) in [6.07, 6.45) is 1.56. The first kappa shape index (κ1) is 22.7. The van der Waals surface area contributed by atoms with Crippen LogP contribution in [-0.2, 0) is 9.59 Å². The Morgan fingerprint density at radius 1 is 1.09 bits per heavy atom. The maximum absolute atomic E-state index is 13.1. The van der Waals surface area contributed by atoms with Gasteiger partial charge >= 0.3 is 0 Å². The number of anilines is 1. The molecule has 4 rings (SSSR count). The number of pyridine rings is 1. The number of aromatic nitrogens is 1. The van der Waals surface area contributed by atoms with Gasteiger partial charge in [-0.1, -0.05) is 19.9 Å². The predicted molar refractivity (Wildman–Crippen MR) is 127 cm³/mol. The van der Waals surface area contributed by atoms with E-state index in [0.717, 1.165) is 0 Å². The van der Waals surface area contributed by atoms with E-state index in [2.05, 4.69) is 4.98 Å². The van der Waals surface area contributed by atoms with Gasteiger partial charge in [0.1, 0.15) is 17.6 Å². The highest BCUT2D eigenvalue weighted by atomic mass is 16.5. The fraction of sp³-hybridized carbons (Fsp3) is 0.185. The molecule has 170 valence electrons. The second kappa shape index (κ2) is 9.59. The zero-order valence-corrected chi connectivity index (χ0v) is 18.8. The predicted octanol–water partition coefficient (Wildman–Crippen LogP) is 4.61. The molecule has 1 saturated heterocycles. The summed E-state index contributed by atoms with van der Waals surface area (Å²) in [5, 5.41) is 20.3. The Labute approximate surface area is 197 Å². The first-order valence-electron chi connectivity index (χ1n) is 10.9.